The van der Waals surface area contributed by atoms with Gasteiger partial charge >= 0.3 is 0 Å². The zero-order valence-electron chi connectivity index (χ0n) is 11.6. The third kappa shape index (κ3) is 4.63. The molecule has 1 aromatic heterocycles. The fraction of sp³-hybridized carbons (Fsp3) is 0.357. The lowest BCUT2D eigenvalue weighted by atomic mass is 10.2. The smallest absolute Gasteiger partial charge is 0.0629 e. The van der Waals surface area contributed by atoms with E-state index in [9.17, 15) is 0 Å². The van der Waals surface area contributed by atoms with Gasteiger partial charge in [-0.2, -0.15) is 5.10 Å². The molecule has 1 aromatic carbocycles. The predicted molar refractivity (Wildman–Crippen MR) is 85.1 cm³/mol. The average Bonchev–Trinajstić information content (AvgIpc) is 2.83. The number of ether oxygens (including phenoxy) is 1. The summed E-state index contributed by atoms with van der Waals surface area (Å²) in [5.74, 6) is 0. The zero-order chi connectivity index (χ0) is 14.4. The second-order valence-corrected chi connectivity index (χ2v) is 6.36. The van der Waals surface area contributed by atoms with Gasteiger partial charge in [0, 0.05) is 42.8 Å². The lowest BCUT2D eigenvalue weighted by Crippen LogP contribution is -2.18. The van der Waals surface area contributed by atoms with Crippen molar-refractivity contribution in [3.63, 3.8) is 0 Å². The number of nitrogens with zero attached hydrogens (tertiary/aromatic N) is 2. The molecule has 0 aliphatic rings. The van der Waals surface area contributed by atoms with Crippen molar-refractivity contribution in [3.8, 4) is 0 Å². The summed E-state index contributed by atoms with van der Waals surface area (Å²) < 4.78 is 7.93. The Morgan fingerprint density at radius 1 is 1.45 bits per heavy atom. The normalized spacial score (nSPS) is 10.9. The fourth-order valence-corrected chi connectivity index (χ4v) is 3.24. The second-order valence-electron chi connectivity index (χ2n) is 4.39. The third-order valence-corrected chi connectivity index (χ3v) is 4.66. The van der Waals surface area contributed by atoms with Gasteiger partial charge in [0.2, 0.25) is 0 Å². The van der Waals surface area contributed by atoms with Crippen LogP contribution in [0.2, 0.25) is 0 Å². The molecule has 0 unspecified atom stereocenters. The Labute approximate surface area is 132 Å². The molecule has 6 heteroatoms. The summed E-state index contributed by atoms with van der Waals surface area (Å²) in [6.07, 6.45) is 3.88. The predicted octanol–water partition coefficient (Wildman–Crippen LogP) is 3.07. The molecule has 20 heavy (non-hydrogen) atoms. The quantitative estimate of drug-likeness (QED) is 0.774. The van der Waals surface area contributed by atoms with Gasteiger partial charge in [-0.25, -0.2) is 0 Å². The minimum Gasteiger partial charge on any atom is -0.383 e. The first kappa shape index (κ1) is 15.6. The van der Waals surface area contributed by atoms with Crippen LogP contribution in [0.3, 0.4) is 0 Å². The number of aromatic nitrogens is 2. The van der Waals surface area contributed by atoms with Crippen LogP contribution in [0.25, 0.3) is 0 Å². The molecule has 1 N–H and O–H groups in total. The van der Waals surface area contributed by atoms with Gasteiger partial charge in [0.05, 0.1) is 17.7 Å². The summed E-state index contributed by atoms with van der Waals surface area (Å²) in [7, 11) is 3.64. The molecule has 0 bridgehead atoms. The summed E-state index contributed by atoms with van der Waals surface area (Å²) in [5, 5.41) is 7.51. The van der Waals surface area contributed by atoms with E-state index in [4.69, 9.17) is 4.74 Å². The average molecular weight is 356 g/mol. The summed E-state index contributed by atoms with van der Waals surface area (Å²) in [6.45, 7) is 2.44. The van der Waals surface area contributed by atoms with E-state index in [0.717, 1.165) is 29.1 Å². The topological polar surface area (TPSA) is 39.1 Å². The van der Waals surface area contributed by atoms with E-state index in [1.807, 2.05) is 24.1 Å². The number of hydrogen-bond acceptors (Lipinski definition) is 4. The molecule has 0 fully saturated rings. The third-order valence-electron chi connectivity index (χ3n) is 2.72. The van der Waals surface area contributed by atoms with Crippen molar-refractivity contribution < 1.29 is 4.74 Å². The van der Waals surface area contributed by atoms with Crippen molar-refractivity contribution in [1.29, 1.82) is 0 Å². The molecule has 0 aliphatic carbocycles. The number of aryl methyl sites for hydroxylation is 1. The summed E-state index contributed by atoms with van der Waals surface area (Å²) in [6, 6.07) is 6.43. The fourth-order valence-electron chi connectivity index (χ4n) is 1.72. The van der Waals surface area contributed by atoms with E-state index in [1.165, 1.54) is 10.5 Å². The second kappa shape index (κ2) is 7.83. The van der Waals surface area contributed by atoms with Crippen molar-refractivity contribution in [3.05, 3.63) is 40.6 Å². The summed E-state index contributed by atoms with van der Waals surface area (Å²) in [4.78, 5) is 2.33. The number of hydrogen-bond donors (Lipinski definition) is 1. The van der Waals surface area contributed by atoms with Gasteiger partial charge in [0.25, 0.3) is 0 Å². The Bertz CT molecular complexity index is 559. The zero-order valence-corrected chi connectivity index (χ0v) is 14.0. The maximum atomic E-state index is 5.01. The number of benzene rings is 1. The molecule has 1 heterocycles. The van der Waals surface area contributed by atoms with Crippen molar-refractivity contribution in [2.75, 3.05) is 20.3 Å². The molecular formula is C14H18BrN3OS. The maximum absolute atomic E-state index is 5.01. The number of nitrogens with one attached hydrogen (secondary N) is 1. The first-order valence-corrected chi connectivity index (χ1v) is 7.94. The van der Waals surface area contributed by atoms with Crippen LogP contribution in [0, 0.1) is 0 Å². The monoisotopic (exact) mass is 355 g/mol. The van der Waals surface area contributed by atoms with E-state index in [1.54, 1.807) is 18.9 Å². The van der Waals surface area contributed by atoms with Crippen LogP contribution in [0.4, 0.5) is 0 Å². The first-order valence-electron chi connectivity index (χ1n) is 6.33. The Hall–Kier alpha value is -0.820. The van der Waals surface area contributed by atoms with E-state index in [2.05, 4.69) is 44.5 Å². The van der Waals surface area contributed by atoms with Gasteiger partial charge in [0.1, 0.15) is 0 Å². The first-order chi connectivity index (χ1) is 9.69. The Balaban J connectivity index is 1.95. The van der Waals surface area contributed by atoms with Gasteiger partial charge in [0.15, 0.2) is 0 Å². The van der Waals surface area contributed by atoms with Gasteiger partial charge < -0.3 is 10.1 Å². The number of methoxy groups -OCH3 is 1. The van der Waals surface area contributed by atoms with E-state index >= 15 is 0 Å². The van der Waals surface area contributed by atoms with E-state index in [0.29, 0.717) is 0 Å². The van der Waals surface area contributed by atoms with Crippen LogP contribution in [-0.2, 0) is 18.3 Å². The largest absolute Gasteiger partial charge is 0.383 e. The van der Waals surface area contributed by atoms with Crippen LogP contribution in [0.5, 0.6) is 0 Å². The molecule has 0 saturated heterocycles. The van der Waals surface area contributed by atoms with Crippen molar-refractivity contribution >= 4 is 27.7 Å². The van der Waals surface area contributed by atoms with Gasteiger partial charge in [-0.3, -0.25) is 4.68 Å². The van der Waals surface area contributed by atoms with Gasteiger partial charge in [-0.05, 0) is 33.6 Å². The molecule has 0 saturated carbocycles. The minimum atomic E-state index is 0.732. The molecule has 0 radical (unpaired) electrons. The van der Waals surface area contributed by atoms with Crippen LogP contribution in [-0.4, -0.2) is 30.0 Å². The maximum Gasteiger partial charge on any atom is 0.0629 e. The highest BCUT2D eigenvalue weighted by molar-refractivity contribution is 9.10. The highest BCUT2D eigenvalue weighted by Gasteiger charge is 2.05. The lowest BCUT2D eigenvalue weighted by molar-refractivity contribution is 0.199. The molecular weight excluding hydrogens is 338 g/mol. The minimum absolute atomic E-state index is 0.732. The Morgan fingerprint density at radius 2 is 2.30 bits per heavy atom. The van der Waals surface area contributed by atoms with Crippen molar-refractivity contribution in [1.82, 2.24) is 15.1 Å². The molecule has 0 amide bonds. The van der Waals surface area contributed by atoms with Gasteiger partial charge in [-0.15, -0.1) is 0 Å². The molecule has 2 aromatic rings. The van der Waals surface area contributed by atoms with E-state index < -0.39 is 0 Å². The summed E-state index contributed by atoms with van der Waals surface area (Å²) in [5.41, 5.74) is 1.25. The highest BCUT2D eigenvalue weighted by Crippen LogP contribution is 2.33. The Kier molecular flexibility index (Phi) is 6.09. The van der Waals surface area contributed by atoms with E-state index in [-0.39, 0.29) is 0 Å². The lowest BCUT2D eigenvalue weighted by Gasteiger charge is -2.07. The van der Waals surface area contributed by atoms with Crippen LogP contribution < -0.4 is 5.32 Å². The molecule has 4 nitrogen and oxygen atoms in total. The van der Waals surface area contributed by atoms with Crippen molar-refractivity contribution in [2.24, 2.45) is 7.05 Å². The molecule has 0 aliphatic heterocycles. The Morgan fingerprint density at radius 3 is 2.95 bits per heavy atom. The van der Waals surface area contributed by atoms with Crippen LogP contribution >= 0.6 is 27.7 Å². The highest BCUT2D eigenvalue weighted by atomic mass is 79.9. The standard InChI is InChI=1S/C14H18BrN3OS/c1-18-10-12(9-17-18)20-14-4-3-11(7-13(14)15)8-16-5-6-19-2/h3-4,7,9-10,16H,5-6,8H2,1-2H3. The van der Waals surface area contributed by atoms with Crippen LogP contribution in [0.15, 0.2) is 44.9 Å². The van der Waals surface area contributed by atoms with Crippen molar-refractivity contribution in [2.45, 2.75) is 16.3 Å². The molecule has 108 valence electrons. The van der Waals surface area contributed by atoms with Crippen LogP contribution in [0.1, 0.15) is 5.56 Å². The number of rotatable bonds is 7. The number of halogens is 1. The SMILES string of the molecule is COCCNCc1ccc(Sc2cnn(C)c2)c(Br)c1. The molecule has 0 atom stereocenters. The molecule has 2 rings (SSSR count). The van der Waals surface area contributed by atoms with Gasteiger partial charge in [-0.1, -0.05) is 17.8 Å². The molecule has 0 spiro atoms. The summed E-state index contributed by atoms with van der Waals surface area (Å²) >= 11 is 5.34.